The van der Waals surface area contributed by atoms with E-state index < -0.39 is 0 Å². The van der Waals surface area contributed by atoms with Gasteiger partial charge in [-0.05, 0) is 18.6 Å². The summed E-state index contributed by atoms with van der Waals surface area (Å²) >= 11 is 1.98. The molecule has 0 aliphatic carbocycles. The molecule has 1 aromatic rings. The molecular weight excluding hydrogens is 230 g/mol. The summed E-state index contributed by atoms with van der Waals surface area (Å²) in [5.74, 6) is 2.86. The van der Waals surface area contributed by atoms with Crippen molar-refractivity contribution in [2.24, 2.45) is 7.05 Å². The molecule has 1 unspecified atom stereocenters. The molecule has 0 amide bonds. The van der Waals surface area contributed by atoms with Crippen LogP contribution in [0.5, 0.6) is 0 Å². The number of aryl methyl sites for hydroxylation is 1. The SMILES string of the molecule is CCSCC(C)NCc1cn(C)nc1C(C)C. The van der Waals surface area contributed by atoms with Crippen LogP contribution >= 0.6 is 11.8 Å². The highest BCUT2D eigenvalue weighted by atomic mass is 32.2. The number of thioether (sulfide) groups is 1. The first-order valence-corrected chi connectivity index (χ1v) is 7.53. The summed E-state index contributed by atoms with van der Waals surface area (Å²) in [5.41, 5.74) is 2.55. The average Bonchev–Trinajstić information content (AvgIpc) is 2.65. The molecule has 1 rings (SSSR count). The van der Waals surface area contributed by atoms with E-state index in [0.29, 0.717) is 12.0 Å². The number of nitrogens with one attached hydrogen (secondary N) is 1. The third kappa shape index (κ3) is 4.72. The monoisotopic (exact) mass is 255 g/mol. The van der Waals surface area contributed by atoms with Gasteiger partial charge in [-0.25, -0.2) is 0 Å². The predicted octanol–water partition coefficient (Wildman–Crippen LogP) is 2.77. The van der Waals surface area contributed by atoms with Crippen LogP contribution in [0.1, 0.15) is 44.9 Å². The summed E-state index contributed by atoms with van der Waals surface area (Å²) in [6.07, 6.45) is 2.13. The van der Waals surface area contributed by atoms with Gasteiger partial charge in [0.1, 0.15) is 0 Å². The molecule has 0 bridgehead atoms. The Balaban J connectivity index is 2.50. The number of aromatic nitrogens is 2. The Bertz CT molecular complexity index is 333. The van der Waals surface area contributed by atoms with E-state index in [1.165, 1.54) is 22.8 Å². The van der Waals surface area contributed by atoms with Gasteiger partial charge in [0.15, 0.2) is 0 Å². The Morgan fingerprint density at radius 1 is 1.41 bits per heavy atom. The summed E-state index contributed by atoms with van der Waals surface area (Å²) in [7, 11) is 1.99. The van der Waals surface area contributed by atoms with E-state index in [1.807, 2.05) is 23.5 Å². The lowest BCUT2D eigenvalue weighted by Crippen LogP contribution is -2.28. The molecule has 0 radical (unpaired) electrons. The number of hydrogen-bond donors (Lipinski definition) is 1. The second kappa shape index (κ2) is 7.07. The van der Waals surface area contributed by atoms with Gasteiger partial charge in [0.25, 0.3) is 0 Å². The van der Waals surface area contributed by atoms with Crippen LogP contribution < -0.4 is 5.32 Å². The molecule has 0 fully saturated rings. The fraction of sp³-hybridized carbons (Fsp3) is 0.769. The first-order valence-electron chi connectivity index (χ1n) is 6.38. The Labute approximate surface area is 109 Å². The van der Waals surface area contributed by atoms with Crippen LogP contribution in [-0.2, 0) is 13.6 Å². The fourth-order valence-corrected chi connectivity index (χ4v) is 2.52. The molecule has 0 aromatic carbocycles. The van der Waals surface area contributed by atoms with Crippen molar-refractivity contribution in [3.63, 3.8) is 0 Å². The maximum atomic E-state index is 4.52. The fourth-order valence-electron chi connectivity index (χ4n) is 1.81. The van der Waals surface area contributed by atoms with Crippen LogP contribution in [0, 0.1) is 0 Å². The van der Waals surface area contributed by atoms with Crippen molar-refractivity contribution in [2.45, 2.75) is 46.2 Å². The van der Waals surface area contributed by atoms with E-state index in [9.17, 15) is 0 Å². The van der Waals surface area contributed by atoms with Gasteiger partial charge in [-0.3, -0.25) is 4.68 Å². The molecule has 0 aliphatic rings. The molecule has 0 saturated carbocycles. The van der Waals surface area contributed by atoms with Crippen LogP contribution in [0.2, 0.25) is 0 Å². The van der Waals surface area contributed by atoms with E-state index >= 15 is 0 Å². The summed E-state index contributed by atoms with van der Waals surface area (Å²) in [6.45, 7) is 9.76. The van der Waals surface area contributed by atoms with Crippen molar-refractivity contribution in [2.75, 3.05) is 11.5 Å². The molecule has 1 aromatic heterocycles. The van der Waals surface area contributed by atoms with Crippen molar-refractivity contribution in [3.8, 4) is 0 Å². The van der Waals surface area contributed by atoms with Gasteiger partial charge in [-0.2, -0.15) is 16.9 Å². The molecule has 3 nitrogen and oxygen atoms in total. The van der Waals surface area contributed by atoms with E-state index in [-0.39, 0.29) is 0 Å². The number of nitrogens with zero attached hydrogens (tertiary/aromatic N) is 2. The molecule has 0 aliphatic heterocycles. The zero-order valence-corrected chi connectivity index (χ0v) is 12.5. The molecule has 98 valence electrons. The number of hydrogen-bond acceptors (Lipinski definition) is 3. The smallest absolute Gasteiger partial charge is 0.0694 e. The summed E-state index contributed by atoms with van der Waals surface area (Å²) in [6, 6.07) is 0.556. The molecule has 1 atom stereocenters. The van der Waals surface area contributed by atoms with Crippen LogP contribution in [-0.4, -0.2) is 27.3 Å². The van der Waals surface area contributed by atoms with Crippen molar-refractivity contribution >= 4 is 11.8 Å². The maximum Gasteiger partial charge on any atom is 0.0694 e. The first kappa shape index (κ1) is 14.6. The zero-order chi connectivity index (χ0) is 12.8. The standard InChI is InChI=1S/C13H25N3S/c1-6-17-9-11(4)14-7-12-8-16(5)15-13(12)10(2)3/h8,10-11,14H,6-7,9H2,1-5H3. The second-order valence-electron chi connectivity index (χ2n) is 4.81. The van der Waals surface area contributed by atoms with Crippen molar-refractivity contribution in [1.29, 1.82) is 0 Å². The predicted molar refractivity (Wildman–Crippen MR) is 76.6 cm³/mol. The lowest BCUT2D eigenvalue weighted by atomic mass is 10.1. The minimum atomic E-state index is 0.494. The van der Waals surface area contributed by atoms with Crippen LogP contribution in [0.25, 0.3) is 0 Å². The second-order valence-corrected chi connectivity index (χ2v) is 6.13. The van der Waals surface area contributed by atoms with Crippen molar-refractivity contribution in [3.05, 3.63) is 17.5 Å². The largest absolute Gasteiger partial charge is 0.309 e. The lowest BCUT2D eigenvalue weighted by molar-refractivity contribution is 0.591. The van der Waals surface area contributed by atoms with Gasteiger partial charge >= 0.3 is 0 Å². The Kier molecular flexibility index (Phi) is 6.06. The Hall–Kier alpha value is -0.480. The van der Waals surface area contributed by atoms with Crippen LogP contribution in [0.3, 0.4) is 0 Å². The highest BCUT2D eigenvalue weighted by molar-refractivity contribution is 7.99. The van der Waals surface area contributed by atoms with E-state index in [0.717, 1.165) is 6.54 Å². The average molecular weight is 255 g/mol. The van der Waals surface area contributed by atoms with Crippen molar-refractivity contribution < 1.29 is 0 Å². The molecule has 4 heteroatoms. The molecular formula is C13H25N3S. The summed E-state index contributed by atoms with van der Waals surface area (Å²) in [5, 5.41) is 8.09. The first-order chi connectivity index (χ1) is 8.04. The van der Waals surface area contributed by atoms with Crippen molar-refractivity contribution in [1.82, 2.24) is 15.1 Å². The minimum absolute atomic E-state index is 0.494. The Morgan fingerprint density at radius 3 is 2.71 bits per heavy atom. The highest BCUT2D eigenvalue weighted by Crippen LogP contribution is 2.17. The topological polar surface area (TPSA) is 29.9 Å². The molecule has 17 heavy (non-hydrogen) atoms. The van der Waals surface area contributed by atoms with E-state index in [1.54, 1.807) is 0 Å². The third-order valence-corrected chi connectivity index (χ3v) is 3.84. The van der Waals surface area contributed by atoms with Crippen LogP contribution in [0.4, 0.5) is 0 Å². The summed E-state index contributed by atoms with van der Waals surface area (Å²) < 4.78 is 1.91. The van der Waals surface area contributed by atoms with Crippen LogP contribution in [0.15, 0.2) is 6.20 Å². The molecule has 1 N–H and O–H groups in total. The van der Waals surface area contributed by atoms with E-state index in [2.05, 4.69) is 44.3 Å². The van der Waals surface area contributed by atoms with Gasteiger partial charge in [-0.15, -0.1) is 0 Å². The van der Waals surface area contributed by atoms with Gasteiger partial charge < -0.3 is 5.32 Å². The maximum absolute atomic E-state index is 4.52. The van der Waals surface area contributed by atoms with Gasteiger partial charge in [-0.1, -0.05) is 20.8 Å². The van der Waals surface area contributed by atoms with Gasteiger partial charge in [0.2, 0.25) is 0 Å². The van der Waals surface area contributed by atoms with E-state index in [4.69, 9.17) is 0 Å². The normalized spacial score (nSPS) is 13.3. The van der Waals surface area contributed by atoms with Gasteiger partial charge in [0.05, 0.1) is 5.69 Å². The zero-order valence-electron chi connectivity index (χ0n) is 11.7. The lowest BCUT2D eigenvalue weighted by Gasteiger charge is -2.13. The molecule has 0 saturated heterocycles. The summed E-state index contributed by atoms with van der Waals surface area (Å²) in [4.78, 5) is 0. The quantitative estimate of drug-likeness (QED) is 0.812. The van der Waals surface area contributed by atoms with Gasteiger partial charge in [0, 0.05) is 37.1 Å². The highest BCUT2D eigenvalue weighted by Gasteiger charge is 2.11. The molecule has 1 heterocycles. The third-order valence-electron chi connectivity index (χ3n) is 2.70. The molecule has 0 spiro atoms. The minimum Gasteiger partial charge on any atom is -0.309 e. The number of rotatable bonds is 7. The Morgan fingerprint density at radius 2 is 2.12 bits per heavy atom.